The first-order valence-corrected chi connectivity index (χ1v) is 11.3. The Kier molecular flexibility index (Phi) is 5.80. The van der Waals surface area contributed by atoms with Crippen LogP contribution in [0.1, 0.15) is 24.1 Å². The van der Waals surface area contributed by atoms with Crippen molar-refractivity contribution in [3.63, 3.8) is 0 Å². The third-order valence-corrected chi connectivity index (χ3v) is 7.72. The first kappa shape index (κ1) is 21.4. The Morgan fingerprint density at radius 3 is 2.65 bits per heavy atom. The summed E-state index contributed by atoms with van der Waals surface area (Å²) < 4.78 is 62.6. The molecular weight excluding hydrogens is 430 g/mol. The van der Waals surface area contributed by atoms with Crippen molar-refractivity contribution < 1.29 is 26.7 Å². The monoisotopic (exact) mass is 452 g/mol. The molecule has 3 aromatic rings. The van der Waals surface area contributed by atoms with Crippen LogP contribution in [0.2, 0.25) is 0 Å². The maximum atomic E-state index is 13.3. The summed E-state index contributed by atoms with van der Waals surface area (Å²) in [4.78, 5) is 3.93. The molecule has 166 valence electrons. The second kappa shape index (κ2) is 8.39. The summed E-state index contributed by atoms with van der Waals surface area (Å²) in [5, 5.41) is 9.97. The van der Waals surface area contributed by atoms with Gasteiger partial charge in [0.05, 0.1) is 16.5 Å². The lowest BCUT2D eigenvalue weighted by Gasteiger charge is -2.23. The highest BCUT2D eigenvalue weighted by Crippen LogP contribution is 2.37. The molecule has 1 aromatic carbocycles. The van der Waals surface area contributed by atoms with Gasteiger partial charge in [0.25, 0.3) is 0 Å². The third-order valence-electron chi connectivity index (χ3n) is 5.44. The number of halogens is 2. The number of aryl methyl sites for hydroxylation is 1. The standard InChI is InChI=1S/C20H22F2N4O4S/c1-11-12(2)25-26-19(11)24-15-3-6-23-16-10-17(30-20(21)22)18(9-14(15)16)31(27,28)13-4-7-29-8-5-13/h3,6,9-10,13,20H,4-5,7-8H2,1-2H3,(H2,23,24,25,26). The van der Waals surface area contributed by atoms with E-state index in [0.717, 1.165) is 11.3 Å². The smallest absolute Gasteiger partial charge is 0.387 e. The lowest BCUT2D eigenvalue weighted by molar-refractivity contribution is -0.0516. The van der Waals surface area contributed by atoms with Gasteiger partial charge in [0, 0.05) is 42.1 Å². The molecule has 0 radical (unpaired) electrons. The van der Waals surface area contributed by atoms with Crippen molar-refractivity contribution in [2.45, 2.75) is 43.4 Å². The van der Waals surface area contributed by atoms with Crippen molar-refractivity contribution in [2.75, 3.05) is 18.5 Å². The van der Waals surface area contributed by atoms with Crippen molar-refractivity contribution in [3.05, 3.63) is 35.7 Å². The largest absolute Gasteiger partial charge is 0.433 e. The summed E-state index contributed by atoms with van der Waals surface area (Å²) in [6.07, 6.45) is 2.08. The van der Waals surface area contributed by atoms with E-state index in [1.165, 1.54) is 18.3 Å². The van der Waals surface area contributed by atoms with Crippen LogP contribution in [0, 0.1) is 13.8 Å². The maximum Gasteiger partial charge on any atom is 0.387 e. The Bertz CT molecular complexity index is 1210. The van der Waals surface area contributed by atoms with E-state index < -0.39 is 27.4 Å². The van der Waals surface area contributed by atoms with Gasteiger partial charge in [-0.1, -0.05) is 0 Å². The fraction of sp³-hybridized carbons (Fsp3) is 0.400. The molecule has 11 heteroatoms. The number of hydrogen-bond donors (Lipinski definition) is 2. The van der Waals surface area contributed by atoms with Crippen LogP contribution < -0.4 is 10.1 Å². The molecule has 1 aliphatic heterocycles. The molecule has 0 atom stereocenters. The van der Waals surface area contributed by atoms with Crippen molar-refractivity contribution in [3.8, 4) is 5.75 Å². The molecule has 0 spiro atoms. The van der Waals surface area contributed by atoms with Gasteiger partial charge in [0.2, 0.25) is 0 Å². The molecular formula is C20H22F2N4O4S. The zero-order valence-electron chi connectivity index (χ0n) is 17.0. The number of alkyl halides is 2. The van der Waals surface area contributed by atoms with Gasteiger partial charge in [-0.15, -0.1) is 0 Å². The molecule has 3 heterocycles. The van der Waals surface area contributed by atoms with Gasteiger partial charge in [0.1, 0.15) is 10.6 Å². The second-order valence-corrected chi connectivity index (χ2v) is 9.55. The molecule has 8 nitrogen and oxygen atoms in total. The summed E-state index contributed by atoms with van der Waals surface area (Å²) in [6.45, 7) is 1.20. The van der Waals surface area contributed by atoms with Gasteiger partial charge in [0.15, 0.2) is 15.7 Å². The molecule has 2 N–H and O–H groups in total. The number of pyridine rings is 1. The van der Waals surface area contributed by atoms with Gasteiger partial charge in [-0.25, -0.2) is 8.42 Å². The molecule has 0 aliphatic carbocycles. The molecule has 0 saturated carbocycles. The first-order valence-electron chi connectivity index (χ1n) is 9.75. The Hall–Kier alpha value is -2.79. The summed E-state index contributed by atoms with van der Waals surface area (Å²) in [5.74, 6) is 0.164. The lowest BCUT2D eigenvalue weighted by atomic mass is 10.1. The number of nitrogens with one attached hydrogen (secondary N) is 2. The molecule has 1 fully saturated rings. The van der Waals surface area contributed by atoms with Crippen LogP contribution in [-0.2, 0) is 14.6 Å². The molecule has 0 unspecified atom stereocenters. The Labute approximate surface area is 177 Å². The summed E-state index contributed by atoms with van der Waals surface area (Å²) >= 11 is 0. The van der Waals surface area contributed by atoms with Crippen LogP contribution in [0.5, 0.6) is 5.75 Å². The van der Waals surface area contributed by atoms with Gasteiger partial charge in [-0.3, -0.25) is 10.1 Å². The number of fused-ring (bicyclic) bond motifs is 1. The average molecular weight is 452 g/mol. The second-order valence-electron chi connectivity index (χ2n) is 7.36. The van der Waals surface area contributed by atoms with Crippen LogP contribution in [-0.4, -0.2) is 48.7 Å². The van der Waals surface area contributed by atoms with Crippen LogP contribution in [0.25, 0.3) is 10.9 Å². The minimum Gasteiger partial charge on any atom is -0.433 e. The quantitative estimate of drug-likeness (QED) is 0.585. The van der Waals surface area contributed by atoms with E-state index in [1.807, 2.05) is 13.8 Å². The van der Waals surface area contributed by atoms with Crippen LogP contribution in [0.4, 0.5) is 20.3 Å². The van der Waals surface area contributed by atoms with E-state index in [-0.39, 0.29) is 4.90 Å². The topological polar surface area (TPSA) is 106 Å². The highest BCUT2D eigenvalue weighted by Gasteiger charge is 2.33. The number of H-pyrrole nitrogens is 1. The van der Waals surface area contributed by atoms with Gasteiger partial charge < -0.3 is 14.8 Å². The van der Waals surface area contributed by atoms with E-state index >= 15 is 0 Å². The van der Waals surface area contributed by atoms with Crippen molar-refractivity contribution >= 4 is 32.2 Å². The molecule has 0 amide bonds. The van der Waals surface area contributed by atoms with Crippen molar-refractivity contribution in [1.82, 2.24) is 15.2 Å². The lowest BCUT2D eigenvalue weighted by Crippen LogP contribution is -2.29. The van der Waals surface area contributed by atoms with E-state index in [0.29, 0.717) is 48.5 Å². The number of benzene rings is 1. The molecule has 2 aromatic heterocycles. The molecule has 31 heavy (non-hydrogen) atoms. The fourth-order valence-corrected chi connectivity index (χ4v) is 5.41. The zero-order chi connectivity index (χ0) is 22.2. The molecule has 1 saturated heterocycles. The minimum atomic E-state index is -3.94. The van der Waals surface area contributed by atoms with E-state index in [1.54, 1.807) is 6.07 Å². The van der Waals surface area contributed by atoms with Crippen LogP contribution in [0.3, 0.4) is 0 Å². The number of hydrogen-bond acceptors (Lipinski definition) is 7. The van der Waals surface area contributed by atoms with Crippen LogP contribution >= 0.6 is 0 Å². The minimum absolute atomic E-state index is 0.279. The number of aromatic nitrogens is 3. The Morgan fingerprint density at radius 2 is 2.00 bits per heavy atom. The molecule has 4 rings (SSSR count). The highest BCUT2D eigenvalue weighted by molar-refractivity contribution is 7.92. The summed E-state index contributed by atoms with van der Waals surface area (Å²) in [5.41, 5.74) is 2.65. The molecule has 1 aliphatic rings. The van der Waals surface area contributed by atoms with Crippen molar-refractivity contribution in [1.29, 1.82) is 0 Å². The Balaban J connectivity index is 1.86. The number of sulfone groups is 1. The number of nitrogens with zero attached hydrogens (tertiary/aromatic N) is 2. The van der Waals surface area contributed by atoms with E-state index in [9.17, 15) is 17.2 Å². The third kappa shape index (κ3) is 4.19. The van der Waals surface area contributed by atoms with Gasteiger partial charge >= 0.3 is 6.61 Å². The fourth-order valence-electron chi connectivity index (χ4n) is 3.57. The predicted octanol–water partition coefficient (Wildman–Crippen LogP) is 3.87. The normalized spacial score (nSPS) is 15.5. The molecule has 0 bridgehead atoms. The average Bonchev–Trinajstić information content (AvgIpc) is 3.06. The number of aromatic amines is 1. The SMILES string of the molecule is Cc1[nH]nc(Nc2ccnc3cc(OC(F)F)c(S(=O)(=O)C4CCOCC4)cc23)c1C. The van der Waals surface area contributed by atoms with E-state index in [4.69, 9.17) is 4.74 Å². The predicted molar refractivity (Wildman–Crippen MR) is 111 cm³/mol. The number of rotatable bonds is 6. The van der Waals surface area contributed by atoms with Crippen molar-refractivity contribution in [2.24, 2.45) is 0 Å². The maximum absolute atomic E-state index is 13.3. The Morgan fingerprint density at radius 1 is 1.26 bits per heavy atom. The highest BCUT2D eigenvalue weighted by atomic mass is 32.2. The summed E-state index contributed by atoms with van der Waals surface area (Å²) in [6, 6.07) is 4.26. The van der Waals surface area contributed by atoms with Gasteiger partial charge in [-0.2, -0.15) is 13.9 Å². The van der Waals surface area contributed by atoms with E-state index in [2.05, 4.69) is 25.2 Å². The zero-order valence-corrected chi connectivity index (χ0v) is 17.8. The number of anilines is 2. The number of ether oxygens (including phenoxy) is 2. The summed E-state index contributed by atoms with van der Waals surface area (Å²) in [7, 11) is -3.94. The van der Waals surface area contributed by atoms with Crippen LogP contribution in [0.15, 0.2) is 29.3 Å². The first-order chi connectivity index (χ1) is 14.8. The van der Waals surface area contributed by atoms with Gasteiger partial charge in [-0.05, 0) is 38.8 Å².